The molecule has 6 nitrogen and oxygen atoms in total. The second kappa shape index (κ2) is 7.35. The maximum absolute atomic E-state index is 12.4. The molecule has 6 heteroatoms. The molecule has 0 bridgehead atoms. The number of rotatable bonds is 4. The molecule has 2 aromatic rings. The van der Waals surface area contributed by atoms with Gasteiger partial charge in [-0.1, -0.05) is 35.5 Å². The molecule has 0 spiro atoms. The fraction of sp³-hybridized carbons (Fsp3) is 0.526. The highest BCUT2D eigenvalue weighted by molar-refractivity contribution is 5.76. The second-order valence-electron chi connectivity index (χ2n) is 6.91. The lowest BCUT2D eigenvalue weighted by Crippen LogP contribution is -2.38. The molecule has 0 aliphatic carbocycles. The number of nitrogens with zero attached hydrogens (tertiary/aromatic N) is 3. The molecule has 132 valence electrons. The molecule has 0 N–H and O–H groups in total. The van der Waals surface area contributed by atoms with Crippen LogP contribution < -0.4 is 0 Å². The van der Waals surface area contributed by atoms with E-state index in [1.54, 1.807) is 0 Å². The van der Waals surface area contributed by atoms with E-state index in [1.807, 2.05) is 35.2 Å². The largest absolute Gasteiger partial charge is 0.381 e. The van der Waals surface area contributed by atoms with Crippen molar-refractivity contribution in [2.24, 2.45) is 5.92 Å². The SMILES string of the molecule is O=C(CC1CCOC1)N1CCC(c2nc(-c3ccccc3)no2)CC1. The number of amides is 1. The normalized spacial score (nSPS) is 21.6. The molecule has 3 heterocycles. The topological polar surface area (TPSA) is 68.5 Å². The predicted octanol–water partition coefficient (Wildman–Crippen LogP) is 2.87. The molecule has 1 amide bonds. The Labute approximate surface area is 147 Å². The molecule has 1 aromatic heterocycles. The summed E-state index contributed by atoms with van der Waals surface area (Å²) >= 11 is 0. The molecule has 25 heavy (non-hydrogen) atoms. The fourth-order valence-corrected chi connectivity index (χ4v) is 3.60. The minimum Gasteiger partial charge on any atom is -0.381 e. The zero-order valence-electron chi connectivity index (χ0n) is 14.3. The third kappa shape index (κ3) is 3.74. The lowest BCUT2D eigenvalue weighted by Gasteiger charge is -2.31. The van der Waals surface area contributed by atoms with Gasteiger partial charge in [0, 0.05) is 44.2 Å². The van der Waals surface area contributed by atoms with Crippen LogP contribution in [0, 0.1) is 5.92 Å². The van der Waals surface area contributed by atoms with Crippen molar-refractivity contribution in [1.82, 2.24) is 15.0 Å². The van der Waals surface area contributed by atoms with Crippen molar-refractivity contribution in [2.75, 3.05) is 26.3 Å². The Morgan fingerprint density at radius 1 is 1.16 bits per heavy atom. The highest BCUT2D eigenvalue weighted by Gasteiger charge is 2.29. The quantitative estimate of drug-likeness (QED) is 0.855. The molecule has 1 aromatic carbocycles. The Hall–Kier alpha value is -2.21. The highest BCUT2D eigenvalue weighted by atomic mass is 16.5. The van der Waals surface area contributed by atoms with Crippen molar-refractivity contribution in [3.63, 3.8) is 0 Å². The molecule has 1 unspecified atom stereocenters. The number of carbonyl (C=O) groups excluding carboxylic acids is 1. The van der Waals surface area contributed by atoms with Crippen molar-refractivity contribution < 1.29 is 14.1 Å². The number of likely N-dealkylation sites (tertiary alicyclic amines) is 1. The number of benzene rings is 1. The van der Waals surface area contributed by atoms with Gasteiger partial charge in [0.25, 0.3) is 0 Å². The van der Waals surface area contributed by atoms with Crippen LogP contribution >= 0.6 is 0 Å². The van der Waals surface area contributed by atoms with Crippen LogP contribution in [0.1, 0.15) is 37.5 Å². The maximum atomic E-state index is 12.4. The first-order valence-electron chi connectivity index (χ1n) is 9.04. The van der Waals surface area contributed by atoms with E-state index in [0.717, 1.165) is 51.1 Å². The van der Waals surface area contributed by atoms with E-state index < -0.39 is 0 Å². The molecule has 2 saturated heterocycles. The predicted molar refractivity (Wildman–Crippen MR) is 91.8 cm³/mol. The Bertz CT molecular complexity index is 702. The first-order valence-corrected chi connectivity index (χ1v) is 9.04. The Morgan fingerprint density at radius 3 is 2.68 bits per heavy atom. The standard InChI is InChI=1S/C19H23N3O3/c23-17(12-14-8-11-24-13-14)22-9-6-16(7-10-22)19-20-18(21-25-19)15-4-2-1-3-5-15/h1-5,14,16H,6-13H2. The van der Waals surface area contributed by atoms with Gasteiger partial charge < -0.3 is 14.2 Å². The average Bonchev–Trinajstić information content (AvgIpc) is 3.34. The lowest BCUT2D eigenvalue weighted by atomic mass is 9.95. The molecular formula is C19H23N3O3. The van der Waals surface area contributed by atoms with E-state index in [0.29, 0.717) is 24.1 Å². The van der Waals surface area contributed by atoms with Crippen LogP contribution in [-0.4, -0.2) is 47.3 Å². The van der Waals surface area contributed by atoms with E-state index in [9.17, 15) is 4.79 Å². The summed E-state index contributed by atoms with van der Waals surface area (Å²) in [4.78, 5) is 18.9. The summed E-state index contributed by atoms with van der Waals surface area (Å²) in [6.07, 6.45) is 3.38. The monoisotopic (exact) mass is 341 g/mol. The van der Waals surface area contributed by atoms with Crippen molar-refractivity contribution >= 4 is 5.91 Å². The average molecular weight is 341 g/mol. The molecule has 1 atom stereocenters. The minimum absolute atomic E-state index is 0.240. The van der Waals surface area contributed by atoms with Crippen LogP contribution in [0.15, 0.2) is 34.9 Å². The summed E-state index contributed by atoms with van der Waals surface area (Å²) in [6, 6.07) is 9.84. The summed E-state index contributed by atoms with van der Waals surface area (Å²) < 4.78 is 10.8. The van der Waals surface area contributed by atoms with Crippen molar-refractivity contribution in [3.8, 4) is 11.4 Å². The van der Waals surface area contributed by atoms with Gasteiger partial charge in [0.2, 0.25) is 17.6 Å². The number of carbonyl (C=O) groups is 1. The summed E-state index contributed by atoms with van der Waals surface area (Å²) in [5.74, 6) is 2.22. The third-order valence-electron chi connectivity index (χ3n) is 5.16. The smallest absolute Gasteiger partial charge is 0.230 e. The van der Waals surface area contributed by atoms with Crippen LogP contribution in [0.5, 0.6) is 0 Å². The van der Waals surface area contributed by atoms with Gasteiger partial charge >= 0.3 is 0 Å². The summed E-state index contributed by atoms with van der Waals surface area (Å²) in [5.41, 5.74) is 0.962. The molecule has 2 aliphatic rings. The van der Waals surface area contributed by atoms with Gasteiger partial charge in [-0.2, -0.15) is 4.98 Å². The van der Waals surface area contributed by atoms with Gasteiger partial charge in [0.05, 0.1) is 0 Å². The van der Waals surface area contributed by atoms with Crippen LogP contribution in [-0.2, 0) is 9.53 Å². The zero-order valence-corrected chi connectivity index (χ0v) is 14.3. The Balaban J connectivity index is 1.33. The van der Waals surface area contributed by atoms with Crippen molar-refractivity contribution in [3.05, 3.63) is 36.2 Å². The first-order chi connectivity index (χ1) is 12.3. The van der Waals surface area contributed by atoms with Gasteiger partial charge in [-0.25, -0.2) is 0 Å². The summed E-state index contributed by atoms with van der Waals surface area (Å²) in [5, 5.41) is 4.10. The van der Waals surface area contributed by atoms with Crippen LogP contribution in [0.4, 0.5) is 0 Å². The van der Waals surface area contributed by atoms with Gasteiger partial charge in [-0.15, -0.1) is 0 Å². The summed E-state index contributed by atoms with van der Waals surface area (Å²) in [7, 11) is 0. The van der Waals surface area contributed by atoms with E-state index in [2.05, 4.69) is 10.1 Å². The zero-order chi connectivity index (χ0) is 17.1. The van der Waals surface area contributed by atoms with Crippen LogP contribution in [0.2, 0.25) is 0 Å². The van der Waals surface area contributed by atoms with Crippen molar-refractivity contribution in [1.29, 1.82) is 0 Å². The molecule has 4 rings (SSSR count). The first kappa shape index (κ1) is 16.3. The third-order valence-corrected chi connectivity index (χ3v) is 5.16. The Morgan fingerprint density at radius 2 is 1.96 bits per heavy atom. The Kier molecular flexibility index (Phi) is 4.78. The number of piperidine rings is 1. The molecule has 0 radical (unpaired) electrons. The summed E-state index contributed by atoms with van der Waals surface area (Å²) in [6.45, 7) is 3.05. The number of hydrogen-bond donors (Lipinski definition) is 0. The van der Waals surface area contributed by atoms with Gasteiger partial charge in [0.15, 0.2) is 0 Å². The molecule has 2 aliphatic heterocycles. The van der Waals surface area contributed by atoms with Crippen LogP contribution in [0.25, 0.3) is 11.4 Å². The van der Waals surface area contributed by atoms with Gasteiger partial charge in [0.1, 0.15) is 0 Å². The number of hydrogen-bond acceptors (Lipinski definition) is 5. The molecule has 2 fully saturated rings. The second-order valence-corrected chi connectivity index (χ2v) is 6.91. The highest BCUT2D eigenvalue weighted by Crippen LogP contribution is 2.29. The molecular weight excluding hydrogens is 318 g/mol. The van der Waals surface area contributed by atoms with Crippen molar-refractivity contribution in [2.45, 2.75) is 31.6 Å². The van der Waals surface area contributed by atoms with Gasteiger partial charge in [-0.3, -0.25) is 4.79 Å². The molecule has 0 saturated carbocycles. The van der Waals surface area contributed by atoms with E-state index in [4.69, 9.17) is 9.26 Å². The van der Waals surface area contributed by atoms with Crippen LogP contribution in [0.3, 0.4) is 0 Å². The maximum Gasteiger partial charge on any atom is 0.230 e. The number of aromatic nitrogens is 2. The fourth-order valence-electron chi connectivity index (χ4n) is 3.60. The van der Waals surface area contributed by atoms with E-state index in [1.165, 1.54) is 0 Å². The van der Waals surface area contributed by atoms with Gasteiger partial charge in [-0.05, 0) is 25.2 Å². The number of ether oxygens (including phenoxy) is 1. The van der Waals surface area contributed by atoms with E-state index >= 15 is 0 Å². The minimum atomic E-state index is 0.240. The van der Waals surface area contributed by atoms with E-state index in [-0.39, 0.29) is 11.8 Å². The lowest BCUT2D eigenvalue weighted by molar-refractivity contribution is -0.133.